The second-order valence-electron chi connectivity index (χ2n) is 5.57. The molecule has 0 bridgehead atoms. The van der Waals surface area contributed by atoms with E-state index in [1.807, 2.05) is 7.05 Å². The van der Waals surface area contributed by atoms with Crippen molar-refractivity contribution in [2.45, 2.75) is 37.4 Å². The minimum absolute atomic E-state index is 0.00276. The summed E-state index contributed by atoms with van der Waals surface area (Å²) in [5.41, 5.74) is 0.892. The molecule has 1 saturated carbocycles. The molecule has 1 heterocycles. The van der Waals surface area contributed by atoms with Crippen LogP contribution >= 0.6 is 0 Å². The molecule has 0 amide bonds. The average Bonchev–Trinajstić information content (AvgIpc) is 2.83. The fraction of sp³-hybridized carbons (Fsp3) is 0.571. The molecule has 1 aromatic carbocycles. The van der Waals surface area contributed by atoms with Crippen molar-refractivity contribution in [2.75, 3.05) is 23.8 Å². The van der Waals surface area contributed by atoms with Gasteiger partial charge in [0.15, 0.2) is 0 Å². The Kier molecular flexibility index (Phi) is 2.69. The smallest absolute Gasteiger partial charge is 0.381 e. The van der Waals surface area contributed by atoms with Gasteiger partial charge in [-0.25, -0.2) is 0 Å². The molecule has 1 aliphatic carbocycles. The first-order valence-electron chi connectivity index (χ1n) is 6.61. The minimum Gasteiger partial charge on any atom is -0.381 e. The molecule has 0 atom stereocenters. The van der Waals surface area contributed by atoms with Crippen LogP contribution in [-0.2, 0) is 6.18 Å². The van der Waals surface area contributed by atoms with Crippen LogP contribution in [0.25, 0.3) is 0 Å². The van der Waals surface area contributed by atoms with Crippen molar-refractivity contribution in [3.63, 3.8) is 0 Å². The summed E-state index contributed by atoms with van der Waals surface area (Å²) in [5, 5.41) is 3.30. The molecule has 1 N–H and O–H groups in total. The van der Waals surface area contributed by atoms with E-state index in [4.69, 9.17) is 0 Å². The predicted octanol–water partition coefficient (Wildman–Crippen LogP) is 3.88. The molecule has 2 nitrogen and oxygen atoms in total. The lowest BCUT2D eigenvalue weighted by Gasteiger charge is -2.45. The number of halogens is 3. The van der Waals surface area contributed by atoms with Gasteiger partial charge in [0.2, 0.25) is 0 Å². The van der Waals surface area contributed by atoms with E-state index in [1.165, 1.54) is 12.1 Å². The Bertz CT molecular complexity index is 490. The van der Waals surface area contributed by atoms with Crippen LogP contribution in [0.3, 0.4) is 0 Å². The third-order valence-corrected chi connectivity index (χ3v) is 4.54. The van der Waals surface area contributed by atoms with Gasteiger partial charge in [-0.3, -0.25) is 0 Å². The highest BCUT2D eigenvalue weighted by molar-refractivity contribution is 5.74. The number of nitrogens with one attached hydrogen (secondary N) is 1. The highest BCUT2D eigenvalue weighted by atomic mass is 19.4. The van der Waals surface area contributed by atoms with E-state index in [0.717, 1.165) is 44.0 Å². The number of fused-ring (bicyclic) bond motifs is 1. The Morgan fingerprint density at radius 3 is 2.53 bits per heavy atom. The lowest BCUT2D eigenvalue weighted by molar-refractivity contribution is -0.137. The number of anilines is 2. The van der Waals surface area contributed by atoms with Crippen molar-refractivity contribution < 1.29 is 13.2 Å². The Balaban J connectivity index is 2.02. The van der Waals surface area contributed by atoms with Gasteiger partial charge in [-0.15, -0.1) is 0 Å². The summed E-state index contributed by atoms with van der Waals surface area (Å²) >= 11 is 0. The largest absolute Gasteiger partial charge is 0.416 e. The monoisotopic (exact) mass is 270 g/mol. The van der Waals surface area contributed by atoms with Crippen LogP contribution in [0.2, 0.25) is 0 Å². The normalized spacial score (nSPS) is 21.4. The van der Waals surface area contributed by atoms with Crippen LogP contribution in [0.1, 0.15) is 31.2 Å². The first kappa shape index (κ1) is 12.6. The van der Waals surface area contributed by atoms with Gasteiger partial charge in [-0.1, -0.05) is 12.8 Å². The summed E-state index contributed by atoms with van der Waals surface area (Å²) in [4.78, 5) is 2.06. The molecular formula is C14H17F3N2. The van der Waals surface area contributed by atoms with Crippen LogP contribution in [0, 0.1) is 0 Å². The van der Waals surface area contributed by atoms with E-state index in [9.17, 15) is 13.2 Å². The zero-order chi connectivity index (χ0) is 13.7. The topological polar surface area (TPSA) is 15.3 Å². The van der Waals surface area contributed by atoms with Crippen molar-refractivity contribution in [3.05, 3.63) is 23.8 Å². The molecule has 0 radical (unpaired) electrons. The van der Waals surface area contributed by atoms with Crippen LogP contribution in [0.4, 0.5) is 24.5 Å². The molecule has 19 heavy (non-hydrogen) atoms. The molecule has 2 aliphatic rings. The van der Waals surface area contributed by atoms with Crippen molar-refractivity contribution >= 4 is 11.4 Å². The lowest BCUT2D eigenvalue weighted by Crippen LogP contribution is -2.52. The maximum absolute atomic E-state index is 12.8. The molecule has 3 rings (SSSR count). The van der Waals surface area contributed by atoms with E-state index in [0.29, 0.717) is 5.69 Å². The Labute approximate surface area is 110 Å². The van der Waals surface area contributed by atoms with Gasteiger partial charge in [0.05, 0.1) is 22.5 Å². The minimum atomic E-state index is -4.28. The predicted molar refractivity (Wildman–Crippen MR) is 69.5 cm³/mol. The summed E-state index contributed by atoms with van der Waals surface area (Å²) in [6.07, 6.45) is 0.120. The van der Waals surface area contributed by atoms with Gasteiger partial charge in [0.25, 0.3) is 0 Å². The lowest BCUT2D eigenvalue weighted by atomic mass is 9.91. The fourth-order valence-electron chi connectivity index (χ4n) is 3.31. The van der Waals surface area contributed by atoms with Crippen molar-refractivity contribution in [1.82, 2.24) is 0 Å². The quantitative estimate of drug-likeness (QED) is 0.769. The Morgan fingerprint density at radius 2 is 1.89 bits per heavy atom. The van der Waals surface area contributed by atoms with E-state index in [1.54, 1.807) is 0 Å². The molecule has 1 spiro atoms. The number of rotatable bonds is 0. The maximum Gasteiger partial charge on any atom is 0.416 e. The summed E-state index contributed by atoms with van der Waals surface area (Å²) in [5.74, 6) is 0. The second kappa shape index (κ2) is 4.05. The van der Waals surface area contributed by atoms with E-state index < -0.39 is 11.7 Å². The number of hydrogen-bond donors (Lipinski definition) is 1. The van der Waals surface area contributed by atoms with Gasteiger partial charge in [-0.2, -0.15) is 13.2 Å². The van der Waals surface area contributed by atoms with Crippen LogP contribution < -0.4 is 10.2 Å². The summed E-state index contributed by atoms with van der Waals surface area (Å²) < 4.78 is 38.4. The van der Waals surface area contributed by atoms with E-state index in [2.05, 4.69) is 10.2 Å². The second-order valence-corrected chi connectivity index (χ2v) is 5.57. The zero-order valence-corrected chi connectivity index (χ0v) is 10.8. The van der Waals surface area contributed by atoms with Gasteiger partial charge >= 0.3 is 6.18 Å². The third-order valence-electron chi connectivity index (χ3n) is 4.54. The first-order chi connectivity index (χ1) is 8.92. The van der Waals surface area contributed by atoms with Crippen LogP contribution in [0.15, 0.2) is 18.2 Å². The highest BCUT2D eigenvalue weighted by Gasteiger charge is 2.42. The molecule has 5 heteroatoms. The molecule has 1 fully saturated rings. The third kappa shape index (κ3) is 1.95. The highest BCUT2D eigenvalue weighted by Crippen LogP contribution is 2.45. The standard InChI is InChI=1S/C14H17F3N2/c1-19-12-8-10(14(15,16)17)4-5-11(12)18-9-13(19)6-2-3-7-13/h4-5,8,18H,2-3,6-7,9H2,1H3. The molecular weight excluding hydrogens is 253 g/mol. The van der Waals surface area contributed by atoms with E-state index in [-0.39, 0.29) is 5.54 Å². The number of likely N-dealkylation sites (N-methyl/N-ethyl adjacent to an activating group) is 1. The molecule has 104 valence electrons. The molecule has 0 unspecified atom stereocenters. The number of nitrogens with zero attached hydrogens (tertiary/aromatic N) is 1. The fourth-order valence-corrected chi connectivity index (χ4v) is 3.31. The summed E-state index contributed by atoms with van der Waals surface area (Å²) in [6, 6.07) is 3.95. The SMILES string of the molecule is CN1c2cc(C(F)(F)F)ccc2NCC12CCCC2. The van der Waals surface area contributed by atoms with Crippen LogP contribution in [-0.4, -0.2) is 19.1 Å². The molecule has 1 aliphatic heterocycles. The van der Waals surface area contributed by atoms with Gasteiger partial charge < -0.3 is 10.2 Å². The van der Waals surface area contributed by atoms with Gasteiger partial charge in [-0.05, 0) is 31.0 Å². The maximum atomic E-state index is 12.8. The number of hydrogen-bond acceptors (Lipinski definition) is 2. The van der Waals surface area contributed by atoms with Gasteiger partial charge in [0.1, 0.15) is 0 Å². The number of alkyl halides is 3. The van der Waals surface area contributed by atoms with E-state index >= 15 is 0 Å². The molecule has 0 saturated heterocycles. The Morgan fingerprint density at radius 1 is 1.21 bits per heavy atom. The Hall–Kier alpha value is -1.39. The molecule has 1 aromatic rings. The number of benzene rings is 1. The van der Waals surface area contributed by atoms with Crippen LogP contribution in [0.5, 0.6) is 0 Å². The van der Waals surface area contributed by atoms with Gasteiger partial charge in [0, 0.05) is 13.6 Å². The summed E-state index contributed by atoms with van der Waals surface area (Å²) in [6.45, 7) is 0.821. The first-order valence-corrected chi connectivity index (χ1v) is 6.61. The molecule has 0 aromatic heterocycles. The summed E-state index contributed by atoms with van der Waals surface area (Å²) in [7, 11) is 1.92. The zero-order valence-electron chi connectivity index (χ0n) is 10.8. The van der Waals surface area contributed by atoms with Crippen molar-refractivity contribution in [2.24, 2.45) is 0 Å². The van der Waals surface area contributed by atoms with Crippen molar-refractivity contribution in [1.29, 1.82) is 0 Å². The van der Waals surface area contributed by atoms with Crippen molar-refractivity contribution in [3.8, 4) is 0 Å². The average molecular weight is 270 g/mol.